The van der Waals surface area contributed by atoms with Crippen LogP contribution in [0.25, 0.3) is 0 Å². The molecule has 3 rings (SSSR count). The van der Waals surface area contributed by atoms with Crippen LogP contribution in [0.3, 0.4) is 0 Å². The number of hydrogen-bond donors (Lipinski definition) is 4. The monoisotopic (exact) mass is 425 g/mol. The van der Waals surface area contributed by atoms with Crippen LogP contribution in [0.2, 0.25) is 0 Å². The first-order valence-corrected chi connectivity index (χ1v) is 10.1. The highest BCUT2D eigenvalue weighted by Gasteiger charge is 2.07. The Morgan fingerprint density at radius 1 is 0.800 bits per heavy atom. The summed E-state index contributed by atoms with van der Waals surface area (Å²) >= 11 is -1.92. The summed E-state index contributed by atoms with van der Waals surface area (Å²) in [4.78, 5) is 24.2. The predicted molar refractivity (Wildman–Crippen MR) is 116 cm³/mol. The first kappa shape index (κ1) is 21.0. The number of urea groups is 1. The Morgan fingerprint density at radius 2 is 1.43 bits per heavy atom. The maximum atomic E-state index is 12.2. The minimum absolute atomic E-state index is 0.0268. The summed E-state index contributed by atoms with van der Waals surface area (Å²) in [7, 11) is 0. The number of benzene rings is 3. The summed E-state index contributed by atoms with van der Waals surface area (Å²) in [6, 6.07) is 21.4. The topological polar surface area (TPSA) is 117 Å². The third kappa shape index (κ3) is 6.73. The Kier molecular flexibility index (Phi) is 7.14. The predicted octanol–water partition coefficient (Wildman–Crippen LogP) is 4.66. The lowest BCUT2D eigenvalue weighted by Crippen LogP contribution is -2.20. The Balaban J connectivity index is 1.54. The molecule has 3 amide bonds. The molecule has 8 nitrogen and oxygen atoms in total. The van der Waals surface area contributed by atoms with E-state index in [9.17, 15) is 13.8 Å². The molecule has 0 saturated carbocycles. The molecule has 0 aliphatic carbocycles. The van der Waals surface area contributed by atoms with Crippen molar-refractivity contribution in [1.29, 1.82) is 0 Å². The number of carbonyl (C=O) groups is 2. The van der Waals surface area contributed by atoms with E-state index < -0.39 is 23.2 Å². The summed E-state index contributed by atoms with van der Waals surface area (Å²) in [5.74, 6) is 0.443. The van der Waals surface area contributed by atoms with Crippen LogP contribution < -0.4 is 20.7 Å². The van der Waals surface area contributed by atoms with Gasteiger partial charge in [-0.25, -0.2) is 13.8 Å². The van der Waals surface area contributed by atoms with Crippen LogP contribution in [0.1, 0.15) is 5.56 Å². The standard InChI is InChI=1S/C21H19N3O5S/c25-20(22-16-11-9-15(10-12-16)14-30(27)28)23-17-5-4-6-18(13-17)24-21(26)29-19-7-2-1-3-8-19/h1-13H,14H2,(H,24,26)(H,27,28)(H2,22,23,25). The lowest BCUT2D eigenvalue weighted by atomic mass is 10.2. The molecule has 4 N–H and O–H groups in total. The van der Waals surface area contributed by atoms with Crippen molar-refractivity contribution in [2.75, 3.05) is 16.0 Å². The van der Waals surface area contributed by atoms with Crippen molar-refractivity contribution in [3.8, 4) is 5.75 Å². The SMILES string of the molecule is O=C(Nc1ccc(CS(=O)O)cc1)Nc1cccc(NC(=O)Oc2ccccc2)c1. The molecule has 0 fully saturated rings. The van der Waals surface area contributed by atoms with E-state index in [4.69, 9.17) is 9.29 Å². The zero-order valence-electron chi connectivity index (χ0n) is 15.7. The molecule has 154 valence electrons. The second-order valence-electron chi connectivity index (χ2n) is 6.15. The fourth-order valence-electron chi connectivity index (χ4n) is 2.53. The molecule has 0 aromatic heterocycles. The molecule has 30 heavy (non-hydrogen) atoms. The van der Waals surface area contributed by atoms with Gasteiger partial charge in [0, 0.05) is 17.1 Å². The van der Waals surface area contributed by atoms with Gasteiger partial charge in [-0.2, -0.15) is 0 Å². The number of nitrogens with one attached hydrogen (secondary N) is 3. The Hall–Kier alpha value is -3.69. The van der Waals surface area contributed by atoms with Crippen molar-refractivity contribution in [3.05, 3.63) is 84.4 Å². The van der Waals surface area contributed by atoms with Gasteiger partial charge >= 0.3 is 12.1 Å². The molecular formula is C21H19N3O5S. The van der Waals surface area contributed by atoms with Crippen molar-refractivity contribution in [2.24, 2.45) is 0 Å². The highest BCUT2D eigenvalue weighted by molar-refractivity contribution is 7.78. The van der Waals surface area contributed by atoms with Crippen LogP contribution in [0.4, 0.5) is 26.7 Å². The van der Waals surface area contributed by atoms with Crippen molar-refractivity contribution in [2.45, 2.75) is 5.75 Å². The van der Waals surface area contributed by atoms with E-state index in [0.717, 1.165) is 0 Å². The van der Waals surface area contributed by atoms with E-state index in [-0.39, 0.29) is 5.75 Å². The van der Waals surface area contributed by atoms with Crippen LogP contribution >= 0.6 is 0 Å². The Morgan fingerprint density at radius 3 is 2.10 bits per heavy atom. The zero-order chi connectivity index (χ0) is 21.3. The molecule has 1 atom stereocenters. The molecule has 0 heterocycles. The number of para-hydroxylation sites is 1. The van der Waals surface area contributed by atoms with Gasteiger partial charge in [-0.1, -0.05) is 36.4 Å². The molecule has 0 saturated heterocycles. The van der Waals surface area contributed by atoms with Gasteiger partial charge in [-0.3, -0.25) is 5.32 Å². The summed E-state index contributed by atoms with van der Waals surface area (Å²) in [5.41, 5.74) is 2.14. The Bertz CT molecular complexity index is 1040. The molecule has 3 aromatic carbocycles. The molecule has 0 radical (unpaired) electrons. The van der Waals surface area contributed by atoms with Gasteiger partial charge in [0.15, 0.2) is 11.1 Å². The summed E-state index contributed by atoms with van der Waals surface area (Å²) in [6.07, 6.45) is -0.647. The first-order valence-electron chi connectivity index (χ1n) is 8.86. The Labute approximate surface area is 175 Å². The van der Waals surface area contributed by atoms with Gasteiger partial charge in [0.1, 0.15) is 5.75 Å². The number of amides is 3. The largest absolute Gasteiger partial charge is 0.417 e. The highest BCUT2D eigenvalue weighted by atomic mass is 32.2. The first-order chi connectivity index (χ1) is 14.5. The van der Waals surface area contributed by atoms with E-state index in [1.54, 1.807) is 72.8 Å². The van der Waals surface area contributed by atoms with E-state index in [1.807, 2.05) is 6.07 Å². The van der Waals surface area contributed by atoms with Crippen LogP contribution in [0, 0.1) is 0 Å². The van der Waals surface area contributed by atoms with Gasteiger partial charge < -0.3 is 19.9 Å². The van der Waals surface area contributed by atoms with Gasteiger partial charge in [-0.05, 0) is 48.0 Å². The number of carbonyl (C=O) groups excluding carboxylic acids is 2. The minimum atomic E-state index is -1.92. The maximum absolute atomic E-state index is 12.2. The summed E-state index contributed by atoms with van der Waals surface area (Å²) in [6.45, 7) is 0. The van der Waals surface area contributed by atoms with Gasteiger partial charge in [0.25, 0.3) is 0 Å². The molecule has 0 spiro atoms. The second kappa shape index (κ2) is 10.2. The van der Waals surface area contributed by atoms with E-state index in [1.165, 1.54) is 0 Å². The van der Waals surface area contributed by atoms with Crippen molar-refractivity contribution in [3.63, 3.8) is 0 Å². The van der Waals surface area contributed by atoms with Crippen LogP contribution in [-0.4, -0.2) is 20.9 Å². The zero-order valence-corrected chi connectivity index (χ0v) is 16.5. The number of hydrogen-bond acceptors (Lipinski definition) is 4. The lowest BCUT2D eigenvalue weighted by Gasteiger charge is -2.10. The quantitative estimate of drug-likeness (QED) is 0.429. The fraction of sp³-hybridized carbons (Fsp3) is 0.0476. The smallest absolute Gasteiger partial charge is 0.410 e. The number of rotatable bonds is 6. The van der Waals surface area contributed by atoms with Gasteiger partial charge in [0.05, 0.1) is 5.75 Å². The summed E-state index contributed by atoms with van der Waals surface area (Å²) in [5, 5.41) is 7.93. The molecular weight excluding hydrogens is 406 g/mol. The maximum Gasteiger partial charge on any atom is 0.417 e. The van der Waals surface area contributed by atoms with Gasteiger partial charge in [-0.15, -0.1) is 0 Å². The van der Waals surface area contributed by atoms with Crippen LogP contribution in [0.5, 0.6) is 5.75 Å². The molecule has 3 aromatic rings. The average molecular weight is 425 g/mol. The van der Waals surface area contributed by atoms with E-state index in [2.05, 4.69) is 16.0 Å². The van der Waals surface area contributed by atoms with E-state index in [0.29, 0.717) is 28.4 Å². The summed E-state index contributed by atoms with van der Waals surface area (Å²) < 4.78 is 24.9. The van der Waals surface area contributed by atoms with Crippen molar-refractivity contribution >= 4 is 40.3 Å². The molecule has 1 unspecified atom stereocenters. The van der Waals surface area contributed by atoms with Crippen molar-refractivity contribution < 1.29 is 23.1 Å². The third-order valence-electron chi connectivity index (χ3n) is 3.82. The van der Waals surface area contributed by atoms with Crippen LogP contribution in [-0.2, 0) is 16.8 Å². The normalized spacial score (nSPS) is 11.2. The number of anilines is 3. The van der Waals surface area contributed by atoms with Gasteiger partial charge in [0.2, 0.25) is 0 Å². The number of ether oxygens (including phenoxy) is 1. The molecule has 9 heteroatoms. The van der Waals surface area contributed by atoms with Crippen molar-refractivity contribution in [1.82, 2.24) is 0 Å². The molecule has 0 aliphatic heterocycles. The average Bonchev–Trinajstić information content (AvgIpc) is 2.70. The van der Waals surface area contributed by atoms with Crippen LogP contribution in [0.15, 0.2) is 78.9 Å². The highest BCUT2D eigenvalue weighted by Crippen LogP contribution is 2.17. The minimum Gasteiger partial charge on any atom is -0.410 e. The third-order valence-corrected chi connectivity index (χ3v) is 4.40. The van der Waals surface area contributed by atoms with E-state index >= 15 is 0 Å². The lowest BCUT2D eigenvalue weighted by molar-refractivity contribution is 0.215. The molecule has 0 aliphatic rings. The molecule has 0 bridgehead atoms. The fourth-order valence-corrected chi connectivity index (χ4v) is 3.01. The second-order valence-corrected chi connectivity index (χ2v) is 7.08.